The summed E-state index contributed by atoms with van der Waals surface area (Å²) >= 11 is 5.82. The van der Waals surface area contributed by atoms with Crippen molar-refractivity contribution in [2.75, 3.05) is 11.9 Å². The fraction of sp³-hybridized carbons (Fsp3) is 0.500. The van der Waals surface area contributed by atoms with Gasteiger partial charge in [0.05, 0.1) is 6.20 Å². The third-order valence-corrected chi connectivity index (χ3v) is 1.77. The minimum atomic E-state index is 0.577. The summed E-state index contributed by atoms with van der Waals surface area (Å²) in [5, 5.41) is 3.71. The average molecular weight is 186 g/mol. The second-order valence-electron chi connectivity index (χ2n) is 2.50. The molecule has 0 unspecified atom stereocenters. The van der Waals surface area contributed by atoms with E-state index in [0.717, 1.165) is 25.2 Å². The molecule has 0 bridgehead atoms. The summed E-state index contributed by atoms with van der Waals surface area (Å²) in [5.41, 5.74) is 0. The van der Waals surface area contributed by atoms with Gasteiger partial charge in [0.25, 0.3) is 0 Å². The van der Waals surface area contributed by atoms with Gasteiger partial charge in [-0.25, -0.2) is 9.97 Å². The molecule has 1 aromatic heterocycles. The highest BCUT2D eigenvalue weighted by atomic mass is 35.5. The first kappa shape index (κ1) is 9.26. The lowest BCUT2D eigenvalue weighted by Gasteiger charge is -2.04. The van der Waals surface area contributed by atoms with Gasteiger partial charge in [-0.3, -0.25) is 0 Å². The van der Waals surface area contributed by atoms with Gasteiger partial charge in [0.1, 0.15) is 17.2 Å². The Kier molecular flexibility index (Phi) is 3.80. The normalized spacial score (nSPS) is 9.83. The summed E-state index contributed by atoms with van der Waals surface area (Å²) in [6, 6.07) is 0. The van der Waals surface area contributed by atoms with Gasteiger partial charge in [-0.15, -0.1) is 0 Å². The molecule has 1 heterocycles. The molecule has 1 aromatic rings. The van der Waals surface area contributed by atoms with Crippen LogP contribution in [0.25, 0.3) is 0 Å². The predicted octanol–water partition coefficient (Wildman–Crippen LogP) is 2.34. The first-order chi connectivity index (χ1) is 5.84. The Morgan fingerprint density at radius 2 is 2.42 bits per heavy atom. The molecule has 0 atom stereocenters. The second-order valence-corrected chi connectivity index (χ2v) is 2.91. The van der Waals surface area contributed by atoms with E-state index in [4.69, 9.17) is 11.6 Å². The molecule has 0 spiro atoms. The zero-order valence-corrected chi connectivity index (χ0v) is 7.80. The molecule has 0 saturated carbocycles. The minimum absolute atomic E-state index is 0.577. The monoisotopic (exact) mass is 185 g/mol. The smallest absolute Gasteiger partial charge is 0.148 e. The Labute approximate surface area is 77.2 Å². The average Bonchev–Trinajstić information content (AvgIpc) is 2.09. The fourth-order valence-electron chi connectivity index (χ4n) is 0.826. The molecule has 0 aliphatic heterocycles. The van der Waals surface area contributed by atoms with Gasteiger partial charge >= 0.3 is 0 Å². The lowest BCUT2D eigenvalue weighted by atomic mass is 10.3. The number of rotatable bonds is 4. The lowest BCUT2D eigenvalue weighted by Crippen LogP contribution is -2.03. The number of anilines is 1. The van der Waals surface area contributed by atoms with Gasteiger partial charge in [0, 0.05) is 6.54 Å². The summed E-state index contributed by atoms with van der Waals surface area (Å²) in [5.74, 6) is 0.722. The molecular formula is C8H12ClN3. The molecule has 0 amide bonds. The number of nitrogens with zero attached hydrogens (tertiary/aromatic N) is 2. The molecule has 1 N–H and O–H groups in total. The van der Waals surface area contributed by atoms with Crippen LogP contribution >= 0.6 is 11.6 Å². The van der Waals surface area contributed by atoms with E-state index in [2.05, 4.69) is 22.2 Å². The third-order valence-electron chi connectivity index (χ3n) is 1.49. The van der Waals surface area contributed by atoms with Gasteiger partial charge in [0.2, 0.25) is 0 Å². The first-order valence-corrected chi connectivity index (χ1v) is 4.41. The molecule has 0 aromatic carbocycles. The van der Waals surface area contributed by atoms with Crippen molar-refractivity contribution in [1.82, 2.24) is 9.97 Å². The number of hydrogen-bond donors (Lipinski definition) is 1. The minimum Gasteiger partial charge on any atom is -0.369 e. The van der Waals surface area contributed by atoms with E-state index in [1.54, 1.807) is 6.20 Å². The van der Waals surface area contributed by atoms with Crippen LogP contribution in [0.2, 0.25) is 5.02 Å². The van der Waals surface area contributed by atoms with Crippen LogP contribution in [0.5, 0.6) is 0 Å². The molecule has 0 fully saturated rings. The largest absolute Gasteiger partial charge is 0.369 e. The predicted molar refractivity (Wildman–Crippen MR) is 50.4 cm³/mol. The standard InChI is InChI=1S/C8H12ClN3/c1-2-3-4-11-8-7(9)5-10-6-12-8/h5-6H,2-4H2,1H3,(H,10,11,12). The molecule has 0 saturated heterocycles. The van der Waals surface area contributed by atoms with Crippen molar-refractivity contribution in [2.45, 2.75) is 19.8 Å². The fourth-order valence-corrected chi connectivity index (χ4v) is 0.998. The maximum atomic E-state index is 5.82. The Balaban J connectivity index is 2.46. The summed E-state index contributed by atoms with van der Waals surface area (Å²) in [4.78, 5) is 7.79. The Hall–Kier alpha value is -0.830. The van der Waals surface area contributed by atoms with Gasteiger partial charge in [-0.1, -0.05) is 24.9 Å². The van der Waals surface area contributed by atoms with Gasteiger partial charge < -0.3 is 5.32 Å². The van der Waals surface area contributed by atoms with Gasteiger partial charge in [-0.05, 0) is 6.42 Å². The van der Waals surface area contributed by atoms with Crippen molar-refractivity contribution in [3.8, 4) is 0 Å². The number of unbranched alkanes of at least 4 members (excludes halogenated alkanes) is 1. The van der Waals surface area contributed by atoms with E-state index in [0.29, 0.717) is 5.02 Å². The van der Waals surface area contributed by atoms with E-state index in [9.17, 15) is 0 Å². The van der Waals surface area contributed by atoms with E-state index in [-0.39, 0.29) is 0 Å². The zero-order chi connectivity index (χ0) is 8.81. The van der Waals surface area contributed by atoms with Crippen LogP contribution in [0.3, 0.4) is 0 Å². The van der Waals surface area contributed by atoms with Crippen molar-refractivity contribution in [1.29, 1.82) is 0 Å². The van der Waals surface area contributed by atoms with Crippen LogP contribution in [-0.2, 0) is 0 Å². The van der Waals surface area contributed by atoms with Crippen molar-refractivity contribution < 1.29 is 0 Å². The molecule has 0 aliphatic carbocycles. The van der Waals surface area contributed by atoms with E-state index in [1.165, 1.54) is 6.33 Å². The molecule has 0 radical (unpaired) electrons. The van der Waals surface area contributed by atoms with E-state index < -0.39 is 0 Å². The molecule has 66 valence electrons. The molecular weight excluding hydrogens is 174 g/mol. The quantitative estimate of drug-likeness (QED) is 0.732. The van der Waals surface area contributed by atoms with Crippen LogP contribution in [0, 0.1) is 0 Å². The molecule has 4 heteroatoms. The van der Waals surface area contributed by atoms with E-state index in [1.807, 2.05) is 0 Å². The van der Waals surface area contributed by atoms with Crippen molar-refractivity contribution >= 4 is 17.4 Å². The third kappa shape index (κ3) is 2.66. The maximum absolute atomic E-state index is 5.82. The maximum Gasteiger partial charge on any atom is 0.148 e. The molecule has 1 rings (SSSR count). The Morgan fingerprint density at radius 1 is 1.58 bits per heavy atom. The Morgan fingerprint density at radius 3 is 3.08 bits per heavy atom. The molecule has 0 aliphatic rings. The zero-order valence-electron chi connectivity index (χ0n) is 7.05. The van der Waals surface area contributed by atoms with Crippen LogP contribution in [0.4, 0.5) is 5.82 Å². The Bertz CT molecular complexity index is 239. The van der Waals surface area contributed by atoms with Crippen LogP contribution in [0.15, 0.2) is 12.5 Å². The highest BCUT2D eigenvalue weighted by Crippen LogP contribution is 2.15. The van der Waals surface area contributed by atoms with Crippen LogP contribution in [0.1, 0.15) is 19.8 Å². The SMILES string of the molecule is CCCCNc1ncncc1Cl. The number of hydrogen-bond acceptors (Lipinski definition) is 3. The van der Waals surface area contributed by atoms with Gasteiger partial charge in [-0.2, -0.15) is 0 Å². The number of halogens is 1. The van der Waals surface area contributed by atoms with E-state index >= 15 is 0 Å². The number of aromatic nitrogens is 2. The topological polar surface area (TPSA) is 37.8 Å². The first-order valence-electron chi connectivity index (χ1n) is 4.04. The van der Waals surface area contributed by atoms with Gasteiger partial charge in [0.15, 0.2) is 0 Å². The highest BCUT2D eigenvalue weighted by molar-refractivity contribution is 6.32. The summed E-state index contributed by atoms with van der Waals surface area (Å²) in [6.07, 6.45) is 5.36. The van der Waals surface area contributed by atoms with Crippen LogP contribution < -0.4 is 5.32 Å². The summed E-state index contributed by atoms with van der Waals surface area (Å²) in [7, 11) is 0. The number of nitrogens with one attached hydrogen (secondary N) is 1. The van der Waals surface area contributed by atoms with Crippen LogP contribution in [-0.4, -0.2) is 16.5 Å². The molecule has 3 nitrogen and oxygen atoms in total. The lowest BCUT2D eigenvalue weighted by molar-refractivity contribution is 0.830. The van der Waals surface area contributed by atoms with Crippen molar-refractivity contribution in [2.24, 2.45) is 0 Å². The van der Waals surface area contributed by atoms with Crippen molar-refractivity contribution in [3.63, 3.8) is 0 Å². The second kappa shape index (κ2) is 4.93. The highest BCUT2D eigenvalue weighted by Gasteiger charge is 1.97. The van der Waals surface area contributed by atoms with Crippen molar-refractivity contribution in [3.05, 3.63) is 17.5 Å². The summed E-state index contributed by atoms with van der Waals surface area (Å²) < 4.78 is 0. The summed E-state index contributed by atoms with van der Waals surface area (Å²) in [6.45, 7) is 3.05. The molecule has 12 heavy (non-hydrogen) atoms.